The lowest BCUT2D eigenvalue weighted by atomic mass is 10.2. The molecular weight excluding hydrogens is 609 g/mol. The summed E-state index contributed by atoms with van der Waals surface area (Å²) in [6.07, 6.45) is 0. The summed E-state index contributed by atoms with van der Waals surface area (Å²) in [6, 6.07) is 33.8. The van der Waals surface area contributed by atoms with Crippen molar-refractivity contribution in [2.24, 2.45) is 4.99 Å². The van der Waals surface area contributed by atoms with Crippen molar-refractivity contribution in [1.29, 1.82) is 0 Å². The molecule has 0 atom stereocenters. The predicted molar refractivity (Wildman–Crippen MR) is 168 cm³/mol. The lowest BCUT2D eigenvalue weighted by Gasteiger charge is -2.19. The molecule has 0 radical (unpaired) electrons. The first kappa shape index (κ1) is 29.4. The van der Waals surface area contributed by atoms with Gasteiger partial charge in [-0.2, -0.15) is 0 Å². The lowest BCUT2D eigenvalue weighted by molar-refractivity contribution is 0.579. The Balaban J connectivity index is 1.74. The third kappa shape index (κ3) is 6.36. The first-order chi connectivity index (χ1) is 20.2. The van der Waals surface area contributed by atoms with Crippen LogP contribution in [0.25, 0.3) is 11.4 Å². The molecule has 0 aliphatic rings. The highest BCUT2D eigenvalue weighted by atomic mass is 32.2. The zero-order valence-electron chi connectivity index (χ0n) is 22.0. The summed E-state index contributed by atoms with van der Waals surface area (Å²) < 4.78 is 56.1. The summed E-state index contributed by atoms with van der Waals surface area (Å²) in [7, 11) is -7.70. The minimum Gasteiger partial charge on any atom is -0.287 e. The fraction of sp³-hybridized carbons (Fsp3) is 0.0667. The first-order valence-electron chi connectivity index (χ1n) is 12.6. The van der Waals surface area contributed by atoms with Crippen LogP contribution in [0.1, 0.15) is 5.56 Å². The maximum Gasteiger partial charge on any atom is 0.209 e. The van der Waals surface area contributed by atoms with Gasteiger partial charge in [-0.25, -0.2) is 26.4 Å². The molecule has 1 heterocycles. The van der Waals surface area contributed by atoms with Crippen LogP contribution in [0.3, 0.4) is 0 Å². The largest absolute Gasteiger partial charge is 0.287 e. The van der Waals surface area contributed by atoms with E-state index < -0.39 is 31.4 Å². The Hall–Kier alpha value is -4.10. The molecular formula is C30H24N4O4S4. The number of aromatic nitrogens is 3. The molecule has 5 aromatic rings. The molecule has 0 bridgehead atoms. The average Bonchev–Trinajstić information content (AvgIpc) is 3.01. The van der Waals surface area contributed by atoms with Crippen LogP contribution in [-0.4, -0.2) is 42.7 Å². The zero-order valence-corrected chi connectivity index (χ0v) is 25.3. The van der Waals surface area contributed by atoms with Gasteiger partial charge in [0.05, 0.1) is 9.79 Å². The van der Waals surface area contributed by atoms with E-state index in [-0.39, 0.29) is 31.0 Å². The van der Waals surface area contributed by atoms with E-state index in [2.05, 4.69) is 9.98 Å². The van der Waals surface area contributed by atoms with E-state index in [1.165, 1.54) is 33.4 Å². The van der Waals surface area contributed by atoms with Crippen molar-refractivity contribution in [3.05, 3.63) is 136 Å². The quantitative estimate of drug-likeness (QED) is 0.118. The number of benzene rings is 4. The number of rotatable bonds is 8. The van der Waals surface area contributed by atoms with Gasteiger partial charge in [-0.05, 0) is 48.7 Å². The highest BCUT2D eigenvalue weighted by Crippen LogP contribution is 2.22. The highest BCUT2D eigenvalue weighted by Gasteiger charge is 2.22. The van der Waals surface area contributed by atoms with E-state index in [0.717, 1.165) is 0 Å². The van der Waals surface area contributed by atoms with Gasteiger partial charge < -0.3 is 0 Å². The van der Waals surface area contributed by atoms with Gasteiger partial charge in [0, 0.05) is 11.1 Å². The molecule has 4 aromatic carbocycles. The summed E-state index contributed by atoms with van der Waals surface area (Å²) in [5.41, 5.74) is 1.13. The minimum absolute atomic E-state index is 0.00642. The molecule has 0 saturated carbocycles. The summed E-state index contributed by atoms with van der Waals surface area (Å²) in [4.78, 5) is 9.33. The van der Waals surface area contributed by atoms with E-state index in [1.54, 1.807) is 91.0 Å². The molecule has 8 nitrogen and oxygen atoms in total. The minimum atomic E-state index is -3.88. The van der Waals surface area contributed by atoms with Crippen LogP contribution in [-0.2, 0) is 25.6 Å². The summed E-state index contributed by atoms with van der Waals surface area (Å²) >= 11 is 11.6. The number of aliphatic imine (C=N–C) groups is 1. The predicted octanol–water partition coefficient (Wildman–Crippen LogP) is 5.97. The monoisotopic (exact) mass is 632 g/mol. The maximum absolute atomic E-state index is 13.5. The van der Waals surface area contributed by atoms with Crippen LogP contribution in [0, 0.1) is 9.54 Å². The normalized spacial score (nSPS) is 12.2. The van der Waals surface area contributed by atoms with Crippen LogP contribution in [0.15, 0.2) is 136 Å². The number of hydrogen-bond donors (Lipinski definition) is 0. The van der Waals surface area contributed by atoms with Gasteiger partial charge in [-0.1, -0.05) is 97.1 Å². The van der Waals surface area contributed by atoms with Crippen molar-refractivity contribution in [3.63, 3.8) is 0 Å². The van der Waals surface area contributed by atoms with Crippen molar-refractivity contribution in [2.75, 3.05) is 5.88 Å². The van der Waals surface area contributed by atoms with Gasteiger partial charge >= 0.3 is 0 Å². The standard InChI is InChI=1S/C30H24N4O4S4/c35-41(36,25-17-9-3-10-18-25)21-31-27(23-13-5-1-6-14-23)34-29(39)32-28(24-15-7-2-8-16-24)33(30(34)40)22-42(37,38)26-19-11-4-12-20-26/h1-20H,21-22H2/b31-27-. The van der Waals surface area contributed by atoms with Crippen molar-refractivity contribution < 1.29 is 16.8 Å². The zero-order chi connectivity index (χ0) is 29.7. The molecule has 12 heteroatoms. The Morgan fingerprint density at radius 3 is 1.69 bits per heavy atom. The Kier molecular flexibility index (Phi) is 8.69. The smallest absolute Gasteiger partial charge is 0.209 e. The van der Waals surface area contributed by atoms with E-state index in [0.29, 0.717) is 11.1 Å². The fourth-order valence-electron chi connectivity index (χ4n) is 4.20. The lowest BCUT2D eigenvalue weighted by Crippen LogP contribution is -2.25. The van der Waals surface area contributed by atoms with Crippen LogP contribution >= 0.6 is 24.4 Å². The first-order valence-corrected chi connectivity index (χ1v) is 16.7. The second-order valence-electron chi connectivity index (χ2n) is 9.09. The summed E-state index contributed by atoms with van der Waals surface area (Å²) in [6.45, 7) is 0. The fourth-order valence-corrected chi connectivity index (χ4v) is 7.24. The molecule has 212 valence electrons. The summed E-state index contributed by atoms with van der Waals surface area (Å²) in [5.74, 6) is -0.748. The van der Waals surface area contributed by atoms with Crippen LogP contribution in [0.5, 0.6) is 0 Å². The van der Waals surface area contributed by atoms with E-state index in [9.17, 15) is 16.8 Å². The Morgan fingerprint density at radius 2 is 1.14 bits per heavy atom. The Bertz CT molecular complexity index is 2080. The number of nitrogens with zero attached hydrogens (tertiary/aromatic N) is 4. The molecule has 42 heavy (non-hydrogen) atoms. The van der Waals surface area contributed by atoms with E-state index >= 15 is 0 Å². The van der Waals surface area contributed by atoms with Crippen LogP contribution < -0.4 is 0 Å². The second-order valence-corrected chi connectivity index (χ2v) is 13.7. The number of hydrogen-bond acceptors (Lipinski definition) is 8. The topological polar surface area (TPSA) is 103 Å². The maximum atomic E-state index is 13.5. The van der Waals surface area contributed by atoms with Crippen LogP contribution in [0.2, 0.25) is 0 Å². The average molecular weight is 633 g/mol. The molecule has 0 aliphatic heterocycles. The van der Waals surface area contributed by atoms with Gasteiger partial charge in [-0.15, -0.1) is 0 Å². The molecule has 1 aromatic heterocycles. The molecule has 0 amide bonds. The second kappa shape index (κ2) is 12.4. The molecule has 0 aliphatic carbocycles. The SMILES string of the molecule is O=S(=O)(C/N=C(/c1ccccc1)n1c(=S)nc(-c2ccccc2)n(CS(=O)(=O)c2ccccc2)c1=S)c1ccccc1. The number of sulfone groups is 2. The van der Waals surface area contributed by atoms with Gasteiger partial charge in [-0.3, -0.25) is 9.56 Å². The van der Waals surface area contributed by atoms with Crippen molar-refractivity contribution in [1.82, 2.24) is 14.1 Å². The van der Waals surface area contributed by atoms with E-state index in [1.807, 2.05) is 6.07 Å². The molecule has 5 rings (SSSR count). The van der Waals surface area contributed by atoms with Crippen molar-refractivity contribution in [2.45, 2.75) is 15.7 Å². The van der Waals surface area contributed by atoms with Gasteiger partial charge in [0.15, 0.2) is 24.4 Å². The van der Waals surface area contributed by atoms with Gasteiger partial charge in [0.1, 0.15) is 23.4 Å². The van der Waals surface area contributed by atoms with Crippen molar-refractivity contribution >= 4 is 49.9 Å². The van der Waals surface area contributed by atoms with E-state index in [4.69, 9.17) is 24.4 Å². The molecule has 0 unspecified atom stereocenters. The Labute approximate surface area is 254 Å². The molecule has 0 saturated heterocycles. The van der Waals surface area contributed by atoms with Gasteiger partial charge in [0.25, 0.3) is 0 Å². The third-order valence-electron chi connectivity index (χ3n) is 6.23. The Morgan fingerprint density at radius 1 is 0.667 bits per heavy atom. The molecule has 0 N–H and O–H groups in total. The highest BCUT2D eigenvalue weighted by molar-refractivity contribution is 7.91. The van der Waals surface area contributed by atoms with Crippen molar-refractivity contribution in [3.8, 4) is 11.4 Å². The van der Waals surface area contributed by atoms with Gasteiger partial charge in [0.2, 0.25) is 4.77 Å². The third-order valence-corrected chi connectivity index (χ3v) is 9.96. The molecule has 0 spiro atoms. The molecule has 0 fully saturated rings. The van der Waals surface area contributed by atoms with Crippen LogP contribution in [0.4, 0.5) is 0 Å². The summed E-state index contributed by atoms with van der Waals surface area (Å²) in [5, 5.41) is 0.